The average Bonchev–Trinajstić information content (AvgIpc) is 3.05. The van der Waals surface area contributed by atoms with E-state index in [-0.39, 0.29) is 35.5 Å². The molecule has 1 unspecified atom stereocenters. The van der Waals surface area contributed by atoms with Crippen LogP contribution in [0.1, 0.15) is 68.2 Å². The molecule has 0 aromatic carbocycles. The molecule has 3 saturated heterocycles. The Hall–Kier alpha value is -0.460. The Morgan fingerprint density at radius 3 is 1.76 bits per heavy atom. The molecule has 3 aliphatic heterocycles. The highest BCUT2D eigenvalue weighted by Gasteiger charge is 2.55. The minimum atomic E-state index is -0.168. The van der Waals surface area contributed by atoms with Gasteiger partial charge >= 0.3 is 0 Å². The van der Waals surface area contributed by atoms with Crippen molar-refractivity contribution in [2.24, 2.45) is 0 Å². The van der Waals surface area contributed by atoms with E-state index >= 15 is 0 Å². The van der Waals surface area contributed by atoms with Crippen LogP contribution in [0.15, 0.2) is 11.6 Å². The molecular formula is C20H36O5. The summed E-state index contributed by atoms with van der Waals surface area (Å²) in [5, 5.41) is 0. The van der Waals surface area contributed by atoms with Crippen LogP contribution in [0, 0.1) is 0 Å². The van der Waals surface area contributed by atoms with Crippen molar-refractivity contribution < 1.29 is 23.7 Å². The summed E-state index contributed by atoms with van der Waals surface area (Å²) in [7, 11) is 0. The Balaban J connectivity index is 0.000000181. The highest BCUT2D eigenvalue weighted by atomic mass is 16.7. The summed E-state index contributed by atoms with van der Waals surface area (Å²) in [4.78, 5) is 0. The lowest BCUT2D eigenvalue weighted by Crippen LogP contribution is -2.42. The van der Waals surface area contributed by atoms with Crippen LogP contribution in [0.3, 0.4) is 0 Å². The van der Waals surface area contributed by atoms with Crippen molar-refractivity contribution in [3.05, 3.63) is 11.6 Å². The highest BCUT2D eigenvalue weighted by molar-refractivity contribution is 4.99. The Kier molecular flexibility index (Phi) is 6.38. The second-order valence-electron chi connectivity index (χ2n) is 9.12. The van der Waals surface area contributed by atoms with E-state index in [1.165, 1.54) is 5.57 Å². The molecule has 0 aliphatic carbocycles. The van der Waals surface area contributed by atoms with Crippen molar-refractivity contribution in [1.82, 2.24) is 0 Å². The van der Waals surface area contributed by atoms with Gasteiger partial charge in [0.15, 0.2) is 12.6 Å². The molecular weight excluding hydrogens is 320 g/mol. The average molecular weight is 357 g/mol. The number of allylic oxidation sites excluding steroid dienone is 1. The minimum Gasteiger partial charge on any atom is -0.361 e. The summed E-state index contributed by atoms with van der Waals surface area (Å²) in [6, 6.07) is 0. The van der Waals surface area contributed by atoms with Gasteiger partial charge in [0.25, 0.3) is 0 Å². The van der Waals surface area contributed by atoms with Gasteiger partial charge in [-0.25, -0.2) is 0 Å². The molecule has 3 heterocycles. The van der Waals surface area contributed by atoms with Crippen LogP contribution in [-0.2, 0) is 23.7 Å². The third-order valence-electron chi connectivity index (χ3n) is 4.62. The smallest absolute Gasteiger partial charge is 0.187 e. The van der Waals surface area contributed by atoms with Crippen molar-refractivity contribution in [1.29, 1.82) is 0 Å². The first-order valence-corrected chi connectivity index (χ1v) is 9.32. The lowest BCUT2D eigenvalue weighted by molar-refractivity contribution is -0.251. The third kappa shape index (κ3) is 6.65. The summed E-state index contributed by atoms with van der Waals surface area (Å²) in [5.74, 6) is 0. The standard InChI is InChI=1S/C10H18O3.C10H18O2/c1-9(2)5-6-11-8(13-9)7-10(3,4)12-7;1-8(2)7-9-11-6-5-10(3,4)12-9/h7-8H,5-6H2,1-4H3;7,9H,5-6H2,1-4H3/t7?,8-;9-/m00/s1. The molecule has 25 heavy (non-hydrogen) atoms. The van der Waals surface area contributed by atoms with Crippen LogP contribution in [0.4, 0.5) is 0 Å². The first kappa shape index (κ1) is 20.8. The van der Waals surface area contributed by atoms with E-state index < -0.39 is 0 Å². The van der Waals surface area contributed by atoms with E-state index in [1.54, 1.807) is 0 Å². The number of epoxide rings is 1. The van der Waals surface area contributed by atoms with E-state index in [4.69, 9.17) is 23.7 Å². The molecule has 0 aromatic heterocycles. The normalized spacial score (nSPS) is 35.1. The molecule has 3 fully saturated rings. The van der Waals surface area contributed by atoms with Crippen molar-refractivity contribution >= 4 is 0 Å². The van der Waals surface area contributed by atoms with Crippen molar-refractivity contribution in [2.45, 2.75) is 104 Å². The maximum absolute atomic E-state index is 5.79. The zero-order valence-electron chi connectivity index (χ0n) is 17.2. The van der Waals surface area contributed by atoms with Crippen LogP contribution in [-0.4, -0.2) is 48.7 Å². The number of ether oxygens (including phenoxy) is 5. The highest BCUT2D eigenvalue weighted by Crippen LogP contribution is 2.42. The number of hydrogen-bond acceptors (Lipinski definition) is 5. The molecule has 0 radical (unpaired) electrons. The molecule has 0 spiro atoms. The fourth-order valence-electron chi connectivity index (χ4n) is 2.84. The predicted octanol–water partition coefficient (Wildman–Crippen LogP) is 4.20. The van der Waals surface area contributed by atoms with Gasteiger partial charge in [-0.1, -0.05) is 5.57 Å². The van der Waals surface area contributed by atoms with Gasteiger partial charge in [-0.15, -0.1) is 0 Å². The van der Waals surface area contributed by atoms with Crippen molar-refractivity contribution in [2.75, 3.05) is 13.2 Å². The van der Waals surface area contributed by atoms with E-state index in [2.05, 4.69) is 41.5 Å². The summed E-state index contributed by atoms with van der Waals surface area (Å²) in [6.07, 6.45) is 3.75. The molecule has 0 bridgehead atoms. The van der Waals surface area contributed by atoms with Crippen LogP contribution in [0.25, 0.3) is 0 Å². The van der Waals surface area contributed by atoms with E-state index in [0.717, 1.165) is 26.1 Å². The molecule has 3 aliphatic rings. The summed E-state index contributed by atoms with van der Waals surface area (Å²) in [6.45, 7) is 18.2. The van der Waals surface area contributed by atoms with Crippen LogP contribution >= 0.6 is 0 Å². The predicted molar refractivity (Wildman–Crippen MR) is 97.4 cm³/mol. The molecule has 3 atom stereocenters. The third-order valence-corrected chi connectivity index (χ3v) is 4.62. The lowest BCUT2D eigenvalue weighted by Gasteiger charge is -2.35. The zero-order valence-corrected chi connectivity index (χ0v) is 17.2. The maximum Gasteiger partial charge on any atom is 0.187 e. The first-order chi connectivity index (χ1) is 11.4. The Morgan fingerprint density at radius 2 is 1.32 bits per heavy atom. The molecule has 3 rings (SSSR count). The molecule has 0 N–H and O–H groups in total. The fraction of sp³-hybridized carbons (Fsp3) is 0.900. The number of hydrogen-bond donors (Lipinski definition) is 0. The SMILES string of the molecule is CC(C)=C[C@H]1OCCC(C)(C)O1.CC1(C)CCO[C@H](C2OC2(C)C)O1. The first-order valence-electron chi connectivity index (χ1n) is 9.32. The van der Waals surface area contributed by atoms with Gasteiger partial charge in [-0.05, 0) is 74.3 Å². The van der Waals surface area contributed by atoms with Gasteiger partial charge in [-0.3, -0.25) is 0 Å². The lowest BCUT2D eigenvalue weighted by atomic mass is 10.0. The van der Waals surface area contributed by atoms with E-state index in [9.17, 15) is 0 Å². The molecule has 5 nitrogen and oxygen atoms in total. The second kappa shape index (κ2) is 7.65. The molecule has 0 aromatic rings. The monoisotopic (exact) mass is 356 g/mol. The van der Waals surface area contributed by atoms with E-state index in [0.29, 0.717) is 0 Å². The van der Waals surface area contributed by atoms with Gasteiger partial charge in [0, 0.05) is 0 Å². The zero-order chi connectivity index (χ0) is 18.9. The Bertz CT molecular complexity index is 476. The summed E-state index contributed by atoms with van der Waals surface area (Å²) < 4.78 is 27.9. The Morgan fingerprint density at radius 1 is 0.800 bits per heavy atom. The Labute approximate surface area is 153 Å². The van der Waals surface area contributed by atoms with Crippen LogP contribution in [0.2, 0.25) is 0 Å². The van der Waals surface area contributed by atoms with Gasteiger partial charge < -0.3 is 23.7 Å². The van der Waals surface area contributed by atoms with Crippen molar-refractivity contribution in [3.8, 4) is 0 Å². The second-order valence-corrected chi connectivity index (χ2v) is 9.12. The molecule has 0 saturated carbocycles. The van der Waals surface area contributed by atoms with Gasteiger partial charge in [0.05, 0.1) is 30.0 Å². The van der Waals surface area contributed by atoms with Crippen LogP contribution < -0.4 is 0 Å². The van der Waals surface area contributed by atoms with Gasteiger partial charge in [0.1, 0.15) is 6.10 Å². The van der Waals surface area contributed by atoms with Gasteiger partial charge in [0.2, 0.25) is 0 Å². The fourth-order valence-corrected chi connectivity index (χ4v) is 2.84. The maximum atomic E-state index is 5.79. The molecule has 5 heteroatoms. The summed E-state index contributed by atoms with van der Waals surface area (Å²) >= 11 is 0. The van der Waals surface area contributed by atoms with Gasteiger partial charge in [-0.2, -0.15) is 0 Å². The largest absolute Gasteiger partial charge is 0.361 e. The molecule has 146 valence electrons. The minimum absolute atomic E-state index is 0.0329. The summed E-state index contributed by atoms with van der Waals surface area (Å²) in [5.41, 5.74) is 1.08. The number of rotatable bonds is 2. The van der Waals surface area contributed by atoms with Crippen molar-refractivity contribution in [3.63, 3.8) is 0 Å². The topological polar surface area (TPSA) is 49.5 Å². The van der Waals surface area contributed by atoms with E-state index in [1.807, 2.05) is 19.9 Å². The van der Waals surface area contributed by atoms with Crippen LogP contribution in [0.5, 0.6) is 0 Å². The quantitative estimate of drug-likeness (QED) is 0.548. The molecule has 0 amide bonds.